The van der Waals surface area contributed by atoms with Gasteiger partial charge in [-0.15, -0.1) is 0 Å². The van der Waals surface area contributed by atoms with Crippen LogP contribution < -0.4 is 15.7 Å². The van der Waals surface area contributed by atoms with E-state index in [1.165, 1.54) is 6.92 Å². The molecule has 2 rings (SSSR count). The highest BCUT2D eigenvalue weighted by molar-refractivity contribution is 6.99. The van der Waals surface area contributed by atoms with Crippen LogP contribution in [-0.4, -0.2) is 37.9 Å². The van der Waals surface area contributed by atoms with Crippen LogP contribution in [0.25, 0.3) is 0 Å². The monoisotopic (exact) mass is 399 g/mol. The number of carboxylic acids is 1. The summed E-state index contributed by atoms with van der Waals surface area (Å²) in [4.78, 5) is 22.8. The highest BCUT2D eigenvalue weighted by Crippen LogP contribution is 2.36. The Labute approximate surface area is 167 Å². The van der Waals surface area contributed by atoms with Gasteiger partial charge in [-0.1, -0.05) is 81.4 Å². The number of carboxylic acid groups (broad SMARTS) is 1. The molecule has 2 aromatic carbocycles. The van der Waals surface area contributed by atoms with Gasteiger partial charge < -0.3 is 14.8 Å². The van der Waals surface area contributed by atoms with Crippen LogP contribution in [0, 0.1) is 0 Å². The fraction of sp³-hybridized carbons (Fsp3) is 0.364. The van der Waals surface area contributed by atoms with E-state index < -0.39 is 20.3 Å². The number of amides is 1. The van der Waals surface area contributed by atoms with E-state index in [1.807, 2.05) is 36.4 Å². The zero-order chi connectivity index (χ0) is 20.8. The molecule has 0 heterocycles. The molecule has 0 aliphatic carbocycles. The second-order valence-electron chi connectivity index (χ2n) is 7.97. The smallest absolute Gasteiger partial charge is 0.305 e. The van der Waals surface area contributed by atoms with Gasteiger partial charge in [0.15, 0.2) is 0 Å². The summed E-state index contributed by atoms with van der Waals surface area (Å²) in [6.07, 6.45) is -0.183. The van der Waals surface area contributed by atoms with Crippen LogP contribution >= 0.6 is 0 Å². The van der Waals surface area contributed by atoms with E-state index in [4.69, 9.17) is 4.43 Å². The van der Waals surface area contributed by atoms with E-state index in [9.17, 15) is 14.7 Å². The van der Waals surface area contributed by atoms with Crippen LogP contribution in [0.2, 0.25) is 5.04 Å². The third-order valence-electron chi connectivity index (χ3n) is 4.75. The minimum atomic E-state index is -2.76. The number of benzene rings is 2. The number of aliphatic carboxylic acids is 1. The number of hydrogen-bond donors (Lipinski definition) is 2. The topological polar surface area (TPSA) is 75.6 Å². The molecule has 0 aromatic heterocycles. The van der Waals surface area contributed by atoms with Crippen molar-refractivity contribution in [1.82, 2.24) is 5.32 Å². The first kappa shape index (κ1) is 21.9. The summed E-state index contributed by atoms with van der Waals surface area (Å²) >= 11 is 0. The molecule has 0 saturated carbocycles. The molecule has 0 spiro atoms. The number of rotatable bonds is 8. The summed E-state index contributed by atoms with van der Waals surface area (Å²) in [6, 6.07) is 19.7. The first-order valence-electron chi connectivity index (χ1n) is 9.40. The molecule has 6 heteroatoms. The number of carbonyl (C=O) groups is 2. The lowest BCUT2D eigenvalue weighted by atomic mass is 10.2. The molecule has 1 atom stereocenters. The fourth-order valence-corrected chi connectivity index (χ4v) is 8.24. The first-order valence-corrected chi connectivity index (χ1v) is 11.3. The van der Waals surface area contributed by atoms with Crippen LogP contribution in [0.3, 0.4) is 0 Å². The lowest BCUT2D eigenvalue weighted by Gasteiger charge is -2.43. The quantitative estimate of drug-likeness (QED) is 0.669. The normalized spacial score (nSPS) is 13.0. The average molecular weight is 400 g/mol. The Hall–Kier alpha value is -2.44. The van der Waals surface area contributed by atoms with Gasteiger partial charge in [0, 0.05) is 6.92 Å². The van der Waals surface area contributed by atoms with Crippen molar-refractivity contribution < 1.29 is 19.1 Å². The Morgan fingerprint density at radius 1 is 1.00 bits per heavy atom. The summed E-state index contributed by atoms with van der Waals surface area (Å²) in [7, 11) is -2.76. The molecule has 0 bridgehead atoms. The van der Waals surface area contributed by atoms with Gasteiger partial charge in [0.1, 0.15) is 0 Å². The van der Waals surface area contributed by atoms with Crippen molar-refractivity contribution >= 4 is 30.6 Å². The maximum absolute atomic E-state index is 11.5. The zero-order valence-corrected chi connectivity index (χ0v) is 17.9. The Morgan fingerprint density at radius 3 is 1.82 bits per heavy atom. The maximum atomic E-state index is 11.5. The van der Waals surface area contributed by atoms with Crippen molar-refractivity contribution in [2.75, 3.05) is 6.61 Å². The van der Waals surface area contributed by atoms with Crippen molar-refractivity contribution in [3.05, 3.63) is 60.7 Å². The molecular weight excluding hydrogens is 370 g/mol. The summed E-state index contributed by atoms with van der Waals surface area (Å²) < 4.78 is 6.69. The molecule has 0 fully saturated rings. The molecule has 2 N–H and O–H groups in total. The van der Waals surface area contributed by atoms with Crippen LogP contribution in [0.15, 0.2) is 60.7 Å². The molecule has 0 aliphatic rings. The molecule has 0 saturated heterocycles. The second kappa shape index (κ2) is 9.17. The summed E-state index contributed by atoms with van der Waals surface area (Å²) in [5, 5.41) is 14.0. The minimum absolute atomic E-state index is 0.138. The number of nitrogens with one attached hydrogen (secondary N) is 1. The van der Waals surface area contributed by atoms with Crippen LogP contribution in [0.4, 0.5) is 0 Å². The van der Waals surface area contributed by atoms with E-state index in [0.29, 0.717) is 0 Å². The maximum Gasteiger partial charge on any atom is 0.305 e. The van der Waals surface area contributed by atoms with Crippen molar-refractivity contribution in [3.8, 4) is 0 Å². The Kier molecular flexibility index (Phi) is 7.15. The van der Waals surface area contributed by atoms with Gasteiger partial charge in [0.05, 0.1) is 19.1 Å². The molecule has 0 radical (unpaired) electrons. The van der Waals surface area contributed by atoms with Gasteiger partial charge >= 0.3 is 5.97 Å². The number of carbonyl (C=O) groups excluding carboxylic acids is 1. The van der Waals surface area contributed by atoms with Crippen molar-refractivity contribution in [2.45, 2.75) is 45.2 Å². The number of hydrogen-bond acceptors (Lipinski definition) is 3. The first-order chi connectivity index (χ1) is 13.2. The third kappa shape index (κ3) is 5.08. The van der Waals surface area contributed by atoms with Crippen LogP contribution in [0.1, 0.15) is 34.1 Å². The second-order valence-corrected chi connectivity index (χ2v) is 12.3. The zero-order valence-electron chi connectivity index (χ0n) is 16.9. The third-order valence-corrected chi connectivity index (χ3v) is 9.75. The molecule has 150 valence electrons. The Balaban J connectivity index is 2.51. The largest absolute Gasteiger partial charge is 0.481 e. The lowest BCUT2D eigenvalue weighted by molar-refractivity contribution is -0.138. The van der Waals surface area contributed by atoms with Gasteiger partial charge in [-0.25, -0.2) is 0 Å². The standard InChI is InChI=1S/C22H29NO4Si/c1-17(24)23-18(15-21(25)26)16-27-28(22(2,3)4,19-11-7-5-8-12-19)20-13-9-6-10-14-20/h5-14,18H,15-16H2,1-4H3,(H,23,24)(H,25,26)/t18-/m0/s1. The van der Waals surface area contributed by atoms with Gasteiger partial charge in [0.25, 0.3) is 8.32 Å². The van der Waals surface area contributed by atoms with Crippen LogP contribution in [-0.2, 0) is 14.0 Å². The average Bonchev–Trinajstić information content (AvgIpc) is 2.62. The molecule has 2 aromatic rings. The van der Waals surface area contributed by atoms with E-state index in [-0.39, 0.29) is 24.0 Å². The van der Waals surface area contributed by atoms with Gasteiger partial charge in [-0.3, -0.25) is 9.59 Å². The van der Waals surface area contributed by atoms with Crippen molar-refractivity contribution in [1.29, 1.82) is 0 Å². The highest BCUT2D eigenvalue weighted by atomic mass is 28.4. The van der Waals surface area contributed by atoms with Crippen molar-refractivity contribution in [3.63, 3.8) is 0 Å². The summed E-state index contributed by atoms with van der Waals surface area (Å²) in [5.41, 5.74) is 0. The molecular formula is C22H29NO4Si. The lowest BCUT2D eigenvalue weighted by Crippen LogP contribution is -2.67. The predicted molar refractivity (Wildman–Crippen MR) is 113 cm³/mol. The summed E-state index contributed by atoms with van der Waals surface area (Å²) in [6.45, 7) is 7.99. The molecule has 0 unspecified atom stereocenters. The van der Waals surface area contributed by atoms with Gasteiger partial charge in [-0.2, -0.15) is 0 Å². The van der Waals surface area contributed by atoms with Gasteiger partial charge in [0.2, 0.25) is 5.91 Å². The minimum Gasteiger partial charge on any atom is -0.481 e. The molecule has 0 aliphatic heterocycles. The van der Waals surface area contributed by atoms with E-state index in [2.05, 4.69) is 50.4 Å². The fourth-order valence-electron chi connectivity index (χ4n) is 3.64. The predicted octanol–water partition coefficient (Wildman–Crippen LogP) is 2.54. The molecule has 1 amide bonds. The van der Waals surface area contributed by atoms with Crippen LogP contribution in [0.5, 0.6) is 0 Å². The van der Waals surface area contributed by atoms with Crippen molar-refractivity contribution in [2.24, 2.45) is 0 Å². The Morgan fingerprint density at radius 2 is 1.46 bits per heavy atom. The van der Waals surface area contributed by atoms with Gasteiger partial charge in [-0.05, 0) is 15.4 Å². The molecule has 5 nitrogen and oxygen atoms in total. The Bertz CT molecular complexity index is 732. The highest BCUT2D eigenvalue weighted by Gasteiger charge is 2.50. The SMILES string of the molecule is CC(=O)N[C@H](CO[Si](c1ccccc1)(c1ccccc1)C(C)(C)C)CC(=O)O. The molecule has 28 heavy (non-hydrogen) atoms. The van der Waals surface area contributed by atoms with E-state index in [0.717, 1.165) is 10.4 Å². The van der Waals surface area contributed by atoms with E-state index in [1.54, 1.807) is 0 Å². The van der Waals surface area contributed by atoms with E-state index >= 15 is 0 Å². The summed E-state index contributed by atoms with van der Waals surface area (Å²) in [5.74, 6) is -1.23.